The van der Waals surface area contributed by atoms with Gasteiger partial charge in [-0.05, 0) is 28.1 Å². The van der Waals surface area contributed by atoms with Crippen molar-refractivity contribution in [3.63, 3.8) is 0 Å². The summed E-state index contributed by atoms with van der Waals surface area (Å²) in [5.74, 6) is 0.209. The Bertz CT molecular complexity index is 436. The first-order valence-corrected chi connectivity index (χ1v) is 5.88. The van der Waals surface area contributed by atoms with Crippen LogP contribution in [-0.4, -0.2) is 24.7 Å². The van der Waals surface area contributed by atoms with E-state index < -0.39 is 0 Å². The standard InChI is InChI=1S/C11H12BrN3O/c12-9-4-7(5-13)3-8(11(9)16)10-6-14-1-2-15-10/h3-4,10,14-16H,1-2,6H2/t10-/m0/s1. The molecule has 0 spiro atoms. The van der Waals surface area contributed by atoms with Crippen LogP contribution in [0.25, 0.3) is 0 Å². The number of hydrogen-bond donors (Lipinski definition) is 3. The molecule has 5 heteroatoms. The van der Waals surface area contributed by atoms with Crippen LogP contribution in [0.15, 0.2) is 16.6 Å². The molecule has 2 rings (SSSR count). The summed E-state index contributed by atoms with van der Waals surface area (Å²) < 4.78 is 0.564. The molecule has 1 aliphatic heterocycles. The lowest BCUT2D eigenvalue weighted by Gasteiger charge is -2.25. The number of halogens is 1. The van der Waals surface area contributed by atoms with E-state index in [1.165, 1.54) is 0 Å². The van der Waals surface area contributed by atoms with Crippen molar-refractivity contribution in [2.75, 3.05) is 19.6 Å². The Morgan fingerprint density at radius 3 is 2.88 bits per heavy atom. The second-order valence-corrected chi connectivity index (χ2v) is 4.57. The molecule has 1 saturated heterocycles. The highest BCUT2D eigenvalue weighted by Gasteiger charge is 2.19. The quantitative estimate of drug-likeness (QED) is 0.725. The maximum Gasteiger partial charge on any atom is 0.134 e. The number of phenolic OH excluding ortho intramolecular Hbond substituents is 1. The van der Waals surface area contributed by atoms with Gasteiger partial charge < -0.3 is 15.7 Å². The molecule has 0 unspecified atom stereocenters. The second-order valence-electron chi connectivity index (χ2n) is 3.72. The summed E-state index contributed by atoms with van der Waals surface area (Å²) in [5.41, 5.74) is 1.31. The van der Waals surface area contributed by atoms with E-state index in [0.717, 1.165) is 25.2 Å². The van der Waals surface area contributed by atoms with Crippen molar-refractivity contribution < 1.29 is 5.11 Å². The van der Waals surface area contributed by atoms with Gasteiger partial charge in [0, 0.05) is 31.2 Å². The molecule has 16 heavy (non-hydrogen) atoms. The van der Waals surface area contributed by atoms with Gasteiger partial charge in [-0.3, -0.25) is 0 Å². The number of phenols is 1. The molecule has 1 heterocycles. The number of rotatable bonds is 1. The lowest BCUT2D eigenvalue weighted by atomic mass is 10.0. The van der Waals surface area contributed by atoms with Gasteiger partial charge in [0.2, 0.25) is 0 Å². The fraction of sp³-hybridized carbons (Fsp3) is 0.364. The molecule has 84 valence electrons. The first kappa shape index (κ1) is 11.4. The van der Waals surface area contributed by atoms with Crippen molar-refractivity contribution in [1.29, 1.82) is 5.26 Å². The van der Waals surface area contributed by atoms with E-state index in [1.54, 1.807) is 12.1 Å². The Morgan fingerprint density at radius 2 is 2.25 bits per heavy atom. The van der Waals surface area contributed by atoms with E-state index in [9.17, 15) is 5.11 Å². The fourth-order valence-corrected chi connectivity index (χ4v) is 2.30. The van der Waals surface area contributed by atoms with E-state index in [4.69, 9.17) is 5.26 Å². The Hall–Kier alpha value is -1.09. The normalized spacial score (nSPS) is 20.4. The van der Waals surface area contributed by atoms with Gasteiger partial charge in [0.25, 0.3) is 0 Å². The number of aromatic hydroxyl groups is 1. The van der Waals surface area contributed by atoms with Crippen molar-refractivity contribution in [3.8, 4) is 11.8 Å². The molecule has 0 amide bonds. The Balaban J connectivity index is 2.38. The lowest BCUT2D eigenvalue weighted by Crippen LogP contribution is -2.42. The van der Waals surface area contributed by atoms with Crippen molar-refractivity contribution in [1.82, 2.24) is 10.6 Å². The highest BCUT2D eigenvalue weighted by molar-refractivity contribution is 9.10. The number of hydrogen-bond acceptors (Lipinski definition) is 4. The third kappa shape index (κ3) is 2.19. The van der Waals surface area contributed by atoms with Crippen LogP contribution >= 0.6 is 15.9 Å². The molecule has 1 aromatic rings. The van der Waals surface area contributed by atoms with E-state index in [2.05, 4.69) is 32.6 Å². The van der Waals surface area contributed by atoms with Gasteiger partial charge in [0.15, 0.2) is 0 Å². The summed E-state index contributed by atoms with van der Waals surface area (Å²) >= 11 is 3.26. The van der Waals surface area contributed by atoms with Gasteiger partial charge in [-0.25, -0.2) is 0 Å². The van der Waals surface area contributed by atoms with Gasteiger partial charge in [-0.1, -0.05) is 0 Å². The maximum atomic E-state index is 9.95. The van der Waals surface area contributed by atoms with Crippen LogP contribution in [0.2, 0.25) is 0 Å². The maximum absolute atomic E-state index is 9.95. The van der Waals surface area contributed by atoms with Crippen LogP contribution in [-0.2, 0) is 0 Å². The first-order valence-electron chi connectivity index (χ1n) is 5.09. The molecule has 1 fully saturated rings. The van der Waals surface area contributed by atoms with Crippen molar-refractivity contribution in [2.45, 2.75) is 6.04 Å². The third-order valence-electron chi connectivity index (χ3n) is 2.64. The van der Waals surface area contributed by atoms with Crippen LogP contribution in [0.3, 0.4) is 0 Å². The minimum atomic E-state index is 0.0540. The lowest BCUT2D eigenvalue weighted by molar-refractivity contribution is 0.403. The average Bonchev–Trinajstić information content (AvgIpc) is 2.33. The van der Waals surface area contributed by atoms with E-state index in [0.29, 0.717) is 10.0 Å². The van der Waals surface area contributed by atoms with Crippen LogP contribution in [0.5, 0.6) is 5.75 Å². The van der Waals surface area contributed by atoms with E-state index in [1.807, 2.05) is 0 Å². The van der Waals surface area contributed by atoms with Crippen LogP contribution < -0.4 is 10.6 Å². The fourth-order valence-electron chi connectivity index (χ4n) is 1.82. The molecule has 1 aliphatic rings. The average molecular weight is 282 g/mol. The second kappa shape index (κ2) is 4.83. The molecule has 1 atom stereocenters. The zero-order valence-corrected chi connectivity index (χ0v) is 10.2. The molecule has 0 radical (unpaired) electrons. The minimum Gasteiger partial charge on any atom is -0.506 e. The molecule has 0 aliphatic carbocycles. The largest absolute Gasteiger partial charge is 0.506 e. The number of nitrogens with one attached hydrogen (secondary N) is 2. The van der Waals surface area contributed by atoms with Gasteiger partial charge in [-0.15, -0.1) is 0 Å². The van der Waals surface area contributed by atoms with Crippen LogP contribution in [0.1, 0.15) is 17.2 Å². The summed E-state index contributed by atoms with van der Waals surface area (Å²) in [6.07, 6.45) is 0. The Kier molecular flexibility index (Phi) is 3.44. The van der Waals surface area contributed by atoms with Crippen LogP contribution in [0.4, 0.5) is 0 Å². The summed E-state index contributed by atoms with van der Waals surface area (Å²) in [5, 5.41) is 25.4. The summed E-state index contributed by atoms with van der Waals surface area (Å²) in [4.78, 5) is 0. The molecule has 0 saturated carbocycles. The Morgan fingerprint density at radius 1 is 1.44 bits per heavy atom. The summed E-state index contributed by atoms with van der Waals surface area (Å²) in [6.45, 7) is 2.55. The number of nitriles is 1. The summed E-state index contributed by atoms with van der Waals surface area (Å²) in [6, 6.07) is 5.49. The molecule has 1 aromatic carbocycles. The SMILES string of the molecule is N#Cc1cc(Br)c(O)c([C@@H]2CNCCN2)c1. The number of nitrogens with zero attached hydrogens (tertiary/aromatic N) is 1. The van der Waals surface area contributed by atoms with Crippen molar-refractivity contribution >= 4 is 15.9 Å². The highest BCUT2D eigenvalue weighted by atomic mass is 79.9. The first-order chi connectivity index (χ1) is 7.72. The van der Waals surface area contributed by atoms with Gasteiger partial charge >= 0.3 is 0 Å². The predicted octanol–water partition coefficient (Wildman–Crippen LogP) is 1.26. The smallest absolute Gasteiger partial charge is 0.134 e. The number of benzene rings is 1. The predicted molar refractivity (Wildman–Crippen MR) is 64.1 cm³/mol. The zero-order valence-electron chi connectivity index (χ0n) is 8.63. The van der Waals surface area contributed by atoms with E-state index in [-0.39, 0.29) is 11.8 Å². The van der Waals surface area contributed by atoms with E-state index >= 15 is 0 Å². The topological polar surface area (TPSA) is 68.1 Å². The number of piperazine rings is 1. The zero-order chi connectivity index (χ0) is 11.5. The van der Waals surface area contributed by atoms with Gasteiger partial charge in [-0.2, -0.15) is 5.26 Å². The molecule has 3 N–H and O–H groups in total. The molecule has 4 nitrogen and oxygen atoms in total. The molecule has 0 aromatic heterocycles. The minimum absolute atomic E-state index is 0.0540. The van der Waals surface area contributed by atoms with Crippen LogP contribution in [0, 0.1) is 11.3 Å². The van der Waals surface area contributed by atoms with Crippen molar-refractivity contribution in [2.24, 2.45) is 0 Å². The monoisotopic (exact) mass is 281 g/mol. The Labute approximate surface area is 102 Å². The molecular weight excluding hydrogens is 270 g/mol. The molecule has 0 bridgehead atoms. The summed E-state index contributed by atoms with van der Waals surface area (Å²) in [7, 11) is 0. The highest BCUT2D eigenvalue weighted by Crippen LogP contribution is 2.33. The third-order valence-corrected chi connectivity index (χ3v) is 3.24. The van der Waals surface area contributed by atoms with Gasteiger partial charge in [0.1, 0.15) is 5.75 Å². The van der Waals surface area contributed by atoms with Gasteiger partial charge in [0.05, 0.1) is 16.1 Å². The van der Waals surface area contributed by atoms with Crippen molar-refractivity contribution in [3.05, 3.63) is 27.7 Å². The molecular formula is C11H12BrN3O.